The second kappa shape index (κ2) is 5.89. The zero-order chi connectivity index (χ0) is 12.8. The summed E-state index contributed by atoms with van der Waals surface area (Å²) in [6.07, 6.45) is 0. The van der Waals surface area contributed by atoms with E-state index in [1.54, 1.807) is 6.92 Å². The number of hydrogen-bond acceptors (Lipinski definition) is 3. The third-order valence-electron chi connectivity index (χ3n) is 2.27. The molecule has 0 radical (unpaired) electrons. The molecule has 0 atom stereocenters. The molecule has 3 heteroatoms. The molecule has 0 spiro atoms. The molecule has 0 bridgehead atoms. The molecule has 0 saturated heterocycles. The Labute approximate surface area is 101 Å². The van der Waals surface area contributed by atoms with Crippen molar-refractivity contribution in [2.75, 3.05) is 6.61 Å². The van der Waals surface area contributed by atoms with Crippen molar-refractivity contribution in [3.8, 4) is 0 Å². The van der Waals surface area contributed by atoms with E-state index in [1.165, 1.54) is 6.92 Å². The fourth-order valence-corrected chi connectivity index (χ4v) is 1.48. The van der Waals surface area contributed by atoms with Crippen LogP contribution in [0.5, 0.6) is 0 Å². The quantitative estimate of drug-likeness (QED) is 0.375. The highest BCUT2D eigenvalue weighted by atomic mass is 16.5. The maximum Gasteiger partial charge on any atom is 0.342 e. The first-order valence-electron chi connectivity index (χ1n) is 5.39. The molecular formula is C14H16O3. The number of carbonyl (C=O) groups excluding carboxylic acids is 1. The Hall–Kier alpha value is -2.03. The third kappa shape index (κ3) is 3.21. The summed E-state index contributed by atoms with van der Waals surface area (Å²) >= 11 is 0. The SMILES string of the molecule is C=C(/C(C(=O)OCC)=C(/C)O)c1ccccc1. The fraction of sp³-hybridized carbons (Fsp3) is 0.214. The van der Waals surface area contributed by atoms with Crippen molar-refractivity contribution in [1.29, 1.82) is 0 Å². The van der Waals surface area contributed by atoms with Gasteiger partial charge in [-0.2, -0.15) is 0 Å². The van der Waals surface area contributed by atoms with Gasteiger partial charge in [-0.05, 0) is 25.0 Å². The summed E-state index contributed by atoms with van der Waals surface area (Å²) in [5.74, 6) is -0.640. The van der Waals surface area contributed by atoms with E-state index in [-0.39, 0.29) is 17.9 Å². The normalized spacial score (nSPS) is 11.6. The molecular weight excluding hydrogens is 216 g/mol. The number of esters is 1. The average Bonchev–Trinajstić information content (AvgIpc) is 2.30. The Morgan fingerprint density at radius 2 is 1.94 bits per heavy atom. The van der Waals surface area contributed by atoms with Crippen LogP contribution in [0.2, 0.25) is 0 Å². The summed E-state index contributed by atoms with van der Waals surface area (Å²) in [5, 5.41) is 9.56. The molecule has 1 N–H and O–H groups in total. The van der Waals surface area contributed by atoms with E-state index in [0.717, 1.165) is 5.56 Å². The molecule has 0 aliphatic heterocycles. The summed E-state index contributed by atoms with van der Waals surface area (Å²) in [4.78, 5) is 11.7. The highest BCUT2D eigenvalue weighted by Crippen LogP contribution is 2.24. The van der Waals surface area contributed by atoms with Crippen molar-refractivity contribution >= 4 is 11.5 Å². The smallest absolute Gasteiger partial charge is 0.342 e. The van der Waals surface area contributed by atoms with Gasteiger partial charge in [-0.25, -0.2) is 4.79 Å². The molecule has 0 saturated carbocycles. The van der Waals surface area contributed by atoms with Gasteiger partial charge in [0.1, 0.15) is 11.3 Å². The Morgan fingerprint density at radius 1 is 1.35 bits per heavy atom. The Balaban J connectivity index is 3.07. The number of allylic oxidation sites excluding steroid dienone is 1. The van der Waals surface area contributed by atoms with Crippen LogP contribution in [-0.2, 0) is 9.53 Å². The highest BCUT2D eigenvalue weighted by Gasteiger charge is 2.18. The van der Waals surface area contributed by atoms with Gasteiger partial charge in [0.25, 0.3) is 0 Å². The second-order valence-corrected chi connectivity index (χ2v) is 3.53. The van der Waals surface area contributed by atoms with Crippen molar-refractivity contribution in [1.82, 2.24) is 0 Å². The molecule has 0 aromatic heterocycles. The first kappa shape index (κ1) is 13.0. The lowest BCUT2D eigenvalue weighted by molar-refractivity contribution is -0.138. The maximum absolute atomic E-state index is 11.7. The number of carbonyl (C=O) groups is 1. The lowest BCUT2D eigenvalue weighted by atomic mass is 9.99. The zero-order valence-corrected chi connectivity index (χ0v) is 10.1. The van der Waals surface area contributed by atoms with Gasteiger partial charge in [-0.1, -0.05) is 36.9 Å². The molecule has 0 aliphatic rings. The van der Waals surface area contributed by atoms with Crippen molar-refractivity contribution in [2.24, 2.45) is 0 Å². The van der Waals surface area contributed by atoms with Crippen molar-refractivity contribution in [3.63, 3.8) is 0 Å². The van der Waals surface area contributed by atoms with Crippen LogP contribution < -0.4 is 0 Å². The molecule has 0 unspecified atom stereocenters. The van der Waals surface area contributed by atoms with Gasteiger partial charge in [0.2, 0.25) is 0 Å². The standard InChI is InChI=1S/C14H16O3/c1-4-17-14(16)13(11(3)15)10(2)12-8-6-5-7-9-12/h5-9,15H,2,4H2,1,3H3/b13-11+. The molecule has 0 amide bonds. The van der Waals surface area contributed by atoms with Crippen molar-refractivity contribution in [2.45, 2.75) is 13.8 Å². The zero-order valence-electron chi connectivity index (χ0n) is 10.1. The predicted octanol–water partition coefficient (Wildman–Crippen LogP) is 3.09. The molecule has 17 heavy (non-hydrogen) atoms. The second-order valence-electron chi connectivity index (χ2n) is 3.53. The monoisotopic (exact) mass is 232 g/mol. The van der Waals surface area contributed by atoms with Crippen LogP contribution in [0.25, 0.3) is 5.57 Å². The van der Waals surface area contributed by atoms with Gasteiger partial charge in [-0.3, -0.25) is 0 Å². The molecule has 0 fully saturated rings. The molecule has 1 aromatic carbocycles. The summed E-state index contributed by atoms with van der Waals surface area (Å²) in [7, 11) is 0. The van der Waals surface area contributed by atoms with E-state index >= 15 is 0 Å². The van der Waals surface area contributed by atoms with Crippen molar-refractivity contribution in [3.05, 3.63) is 53.8 Å². The van der Waals surface area contributed by atoms with Gasteiger partial charge in [-0.15, -0.1) is 0 Å². The van der Waals surface area contributed by atoms with E-state index in [0.29, 0.717) is 5.57 Å². The molecule has 90 valence electrons. The predicted molar refractivity (Wildman–Crippen MR) is 67.4 cm³/mol. The summed E-state index contributed by atoms with van der Waals surface area (Å²) in [6.45, 7) is 7.25. The number of ether oxygens (including phenoxy) is 1. The van der Waals surface area contributed by atoms with Gasteiger partial charge >= 0.3 is 5.97 Å². The Bertz CT molecular complexity index is 440. The lowest BCUT2D eigenvalue weighted by Crippen LogP contribution is -2.11. The van der Waals surface area contributed by atoms with Crippen molar-refractivity contribution < 1.29 is 14.6 Å². The van der Waals surface area contributed by atoms with E-state index < -0.39 is 5.97 Å². The first-order chi connectivity index (χ1) is 8.07. The Morgan fingerprint density at radius 3 is 2.41 bits per heavy atom. The van der Waals surface area contributed by atoms with Gasteiger partial charge in [0, 0.05) is 0 Å². The summed E-state index contributed by atoms with van der Waals surface area (Å²) < 4.78 is 4.89. The van der Waals surface area contributed by atoms with Crippen LogP contribution in [-0.4, -0.2) is 17.7 Å². The largest absolute Gasteiger partial charge is 0.512 e. The minimum atomic E-state index is -0.554. The number of benzene rings is 1. The molecule has 1 aromatic rings. The van der Waals surface area contributed by atoms with Gasteiger partial charge in [0.05, 0.1) is 6.61 Å². The van der Waals surface area contributed by atoms with Crippen LogP contribution in [0.15, 0.2) is 48.2 Å². The summed E-state index contributed by atoms with van der Waals surface area (Å²) in [5.41, 5.74) is 1.37. The van der Waals surface area contributed by atoms with Gasteiger partial charge in [0.15, 0.2) is 0 Å². The number of aliphatic hydroxyl groups excluding tert-OH is 1. The maximum atomic E-state index is 11.7. The van der Waals surface area contributed by atoms with E-state index in [9.17, 15) is 9.90 Å². The first-order valence-corrected chi connectivity index (χ1v) is 5.39. The van der Waals surface area contributed by atoms with Crippen LogP contribution in [0.3, 0.4) is 0 Å². The lowest BCUT2D eigenvalue weighted by Gasteiger charge is -2.11. The number of hydrogen-bond donors (Lipinski definition) is 1. The van der Waals surface area contributed by atoms with Crippen LogP contribution in [0.4, 0.5) is 0 Å². The van der Waals surface area contributed by atoms with E-state index in [2.05, 4.69) is 6.58 Å². The molecule has 0 heterocycles. The van der Waals surface area contributed by atoms with Crippen LogP contribution in [0, 0.1) is 0 Å². The van der Waals surface area contributed by atoms with E-state index in [1.807, 2.05) is 30.3 Å². The number of rotatable bonds is 4. The third-order valence-corrected chi connectivity index (χ3v) is 2.27. The topological polar surface area (TPSA) is 46.5 Å². The average molecular weight is 232 g/mol. The minimum absolute atomic E-state index is 0.0858. The summed E-state index contributed by atoms with van der Waals surface area (Å²) in [6, 6.07) is 9.21. The molecule has 3 nitrogen and oxygen atoms in total. The number of aliphatic hydroxyl groups is 1. The minimum Gasteiger partial charge on any atom is -0.512 e. The molecule has 1 rings (SSSR count). The highest BCUT2D eigenvalue weighted by molar-refractivity contribution is 6.06. The van der Waals surface area contributed by atoms with Crippen LogP contribution >= 0.6 is 0 Å². The van der Waals surface area contributed by atoms with E-state index in [4.69, 9.17) is 4.74 Å². The van der Waals surface area contributed by atoms with Gasteiger partial charge < -0.3 is 9.84 Å². The fourth-order valence-electron chi connectivity index (χ4n) is 1.48. The Kier molecular flexibility index (Phi) is 4.52. The molecule has 0 aliphatic carbocycles. The van der Waals surface area contributed by atoms with Crippen LogP contribution in [0.1, 0.15) is 19.4 Å².